The van der Waals surface area contributed by atoms with Gasteiger partial charge in [0.05, 0.1) is 0 Å². The highest BCUT2D eigenvalue weighted by molar-refractivity contribution is 6.19. The van der Waals surface area contributed by atoms with E-state index in [1.54, 1.807) is 24.3 Å². The Morgan fingerprint density at radius 2 is 1.78 bits per heavy atom. The molecule has 1 aliphatic heterocycles. The lowest BCUT2D eigenvalue weighted by atomic mass is 10.1. The normalized spacial score (nSPS) is 15.7. The summed E-state index contributed by atoms with van der Waals surface area (Å²) in [5.74, 6) is -3.59. The van der Waals surface area contributed by atoms with Crippen LogP contribution in [0.4, 0.5) is 0 Å². The molecule has 0 unspecified atom stereocenters. The van der Waals surface area contributed by atoms with Crippen molar-refractivity contribution >= 4 is 24.0 Å². The molecule has 0 saturated carbocycles. The highest BCUT2D eigenvalue weighted by Crippen LogP contribution is 2.27. The molecule has 0 bridgehead atoms. The number of ether oxygens (including phenoxy) is 3. The number of hydrogen-bond donors (Lipinski definition) is 1. The highest BCUT2D eigenvalue weighted by Gasteiger charge is 2.38. The van der Waals surface area contributed by atoms with E-state index in [1.807, 2.05) is 0 Å². The summed E-state index contributed by atoms with van der Waals surface area (Å²) >= 11 is 0. The van der Waals surface area contributed by atoms with Crippen molar-refractivity contribution in [3.63, 3.8) is 0 Å². The maximum absolute atomic E-state index is 12.1. The maximum Gasteiger partial charge on any atom is 0.371 e. The molecule has 0 aliphatic carbocycles. The van der Waals surface area contributed by atoms with Gasteiger partial charge in [-0.15, -0.1) is 0 Å². The van der Waals surface area contributed by atoms with Gasteiger partial charge in [-0.3, -0.25) is 0 Å². The van der Waals surface area contributed by atoms with E-state index in [0.717, 1.165) is 0 Å². The molecule has 0 amide bonds. The molecule has 2 aromatic rings. The van der Waals surface area contributed by atoms with Crippen molar-refractivity contribution in [2.24, 2.45) is 0 Å². The van der Waals surface area contributed by atoms with Gasteiger partial charge < -0.3 is 23.7 Å². The van der Waals surface area contributed by atoms with Gasteiger partial charge in [-0.1, -0.05) is 18.2 Å². The van der Waals surface area contributed by atoms with Crippen molar-refractivity contribution in [2.45, 2.75) is 26.2 Å². The van der Waals surface area contributed by atoms with E-state index >= 15 is 0 Å². The largest absolute Gasteiger partial charge is 0.485 e. The Bertz CT molecular complexity index is 913. The van der Waals surface area contributed by atoms with E-state index < -0.39 is 23.7 Å². The Morgan fingerprint density at radius 1 is 1.11 bits per heavy atom. The van der Waals surface area contributed by atoms with Crippen molar-refractivity contribution in [3.05, 3.63) is 59.1 Å². The van der Waals surface area contributed by atoms with E-state index in [9.17, 15) is 14.4 Å². The summed E-state index contributed by atoms with van der Waals surface area (Å²) in [5.41, 5.74) is 0.197. The molecule has 1 N–H and O–H groups in total. The number of aromatic carboxylic acids is 1. The Labute approximate surface area is 153 Å². The van der Waals surface area contributed by atoms with E-state index in [0.29, 0.717) is 17.1 Å². The molecule has 1 aliphatic rings. The fourth-order valence-corrected chi connectivity index (χ4v) is 2.38. The predicted molar refractivity (Wildman–Crippen MR) is 90.7 cm³/mol. The van der Waals surface area contributed by atoms with Crippen molar-refractivity contribution in [2.75, 3.05) is 0 Å². The second-order valence-corrected chi connectivity index (χ2v) is 6.13. The van der Waals surface area contributed by atoms with Gasteiger partial charge >= 0.3 is 17.9 Å². The Hall–Kier alpha value is -3.55. The Balaban J connectivity index is 1.80. The van der Waals surface area contributed by atoms with Crippen LogP contribution in [0.5, 0.6) is 5.75 Å². The van der Waals surface area contributed by atoms with Crippen LogP contribution in [0.25, 0.3) is 6.08 Å². The average molecular weight is 372 g/mol. The van der Waals surface area contributed by atoms with Crippen LogP contribution in [0.15, 0.2) is 46.4 Å². The van der Waals surface area contributed by atoms with Gasteiger partial charge in [0.1, 0.15) is 23.7 Å². The zero-order valence-electron chi connectivity index (χ0n) is 14.6. The number of carbonyl (C=O) groups excluding carboxylic acids is 2. The first kappa shape index (κ1) is 18.2. The number of carboxylic acids is 1. The van der Waals surface area contributed by atoms with Crippen molar-refractivity contribution in [3.8, 4) is 5.75 Å². The van der Waals surface area contributed by atoms with E-state index in [2.05, 4.69) is 0 Å². The van der Waals surface area contributed by atoms with Crippen LogP contribution in [0, 0.1) is 0 Å². The maximum atomic E-state index is 12.1. The van der Waals surface area contributed by atoms with E-state index in [-0.39, 0.29) is 17.9 Å². The van der Waals surface area contributed by atoms with Gasteiger partial charge in [-0.25, -0.2) is 14.4 Å². The van der Waals surface area contributed by atoms with Crippen LogP contribution < -0.4 is 4.74 Å². The molecule has 0 radical (unpaired) electrons. The van der Waals surface area contributed by atoms with Crippen LogP contribution >= 0.6 is 0 Å². The van der Waals surface area contributed by atoms with Crippen molar-refractivity contribution in [1.82, 2.24) is 0 Å². The number of cyclic esters (lactones) is 2. The van der Waals surface area contributed by atoms with E-state index in [4.69, 9.17) is 23.7 Å². The topological polar surface area (TPSA) is 112 Å². The Kier molecular flexibility index (Phi) is 4.72. The van der Waals surface area contributed by atoms with Crippen molar-refractivity contribution in [1.29, 1.82) is 0 Å². The molecule has 1 saturated heterocycles. The summed E-state index contributed by atoms with van der Waals surface area (Å²) < 4.78 is 20.9. The molecule has 1 aromatic heterocycles. The highest BCUT2D eigenvalue weighted by atomic mass is 16.7. The van der Waals surface area contributed by atoms with Gasteiger partial charge in [-0.05, 0) is 24.3 Å². The lowest BCUT2D eigenvalue weighted by Gasteiger charge is -2.29. The van der Waals surface area contributed by atoms with E-state index in [1.165, 1.54) is 32.1 Å². The zero-order chi connectivity index (χ0) is 19.6. The predicted octanol–water partition coefficient (Wildman–Crippen LogP) is 2.78. The van der Waals surface area contributed by atoms with Crippen LogP contribution in [0.1, 0.15) is 35.7 Å². The minimum absolute atomic E-state index is 0.0324. The molecule has 0 atom stereocenters. The Morgan fingerprint density at radius 3 is 2.41 bits per heavy atom. The van der Waals surface area contributed by atoms with Gasteiger partial charge in [0.15, 0.2) is 0 Å². The zero-order valence-corrected chi connectivity index (χ0v) is 14.6. The summed E-state index contributed by atoms with van der Waals surface area (Å²) in [6, 6.07) is 9.51. The molecule has 8 heteroatoms. The molecular weight excluding hydrogens is 356 g/mol. The first-order valence-corrected chi connectivity index (χ1v) is 7.97. The molecule has 8 nitrogen and oxygen atoms in total. The smallest absolute Gasteiger partial charge is 0.371 e. The minimum atomic E-state index is -1.32. The lowest BCUT2D eigenvalue weighted by molar-refractivity contribution is -0.222. The van der Waals surface area contributed by atoms with Crippen LogP contribution in [-0.4, -0.2) is 28.8 Å². The van der Waals surface area contributed by atoms with Gasteiger partial charge in [-0.2, -0.15) is 0 Å². The molecule has 3 rings (SSSR count). The number of hydrogen-bond acceptors (Lipinski definition) is 7. The SMILES string of the molecule is CC1(C)OC(=O)C(=Cc2ccccc2OCc2ccc(C(=O)O)o2)C(=O)O1. The fraction of sp³-hybridized carbons (Fsp3) is 0.211. The molecular formula is C19H16O8. The summed E-state index contributed by atoms with van der Waals surface area (Å²) in [6.07, 6.45) is 1.32. The molecule has 0 spiro atoms. The van der Waals surface area contributed by atoms with Crippen LogP contribution in [0.2, 0.25) is 0 Å². The second kappa shape index (κ2) is 6.99. The van der Waals surface area contributed by atoms with Gasteiger partial charge in [0.25, 0.3) is 5.79 Å². The van der Waals surface area contributed by atoms with Gasteiger partial charge in [0.2, 0.25) is 5.76 Å². The lowest BCUT2D eigenvalue weighted by Crippen LogP contribution is -2.41. The fourth-order valence-electron chi connectivity index (χ4n) is 2.38. The number of para-hydroxylation sites is 1. The number of benzene rings is 1. The standard InChI is InChI=1S/C19H16O8/c1-19(2)26-17(22)13(18(23)27-19)9-11-5-3-4-6-14(11)24-10-12-7-8-15(25-12)16(20)21/h3-9H,10H2,1-2H3,(H,20,21). The second-order valence-electron chi connectivity index (χ2n) is 6.13. The number of rotatable bonds is 5. The van der Waals surface area contributed by atoms with Crippen molar-refractivity contribution < 1.29 is 38.1 Å². The third kappa shape index (κ3) is 4.17. The van der Waals surface area contributed by atoms with Gasteiger partial charge in [0, 0.05) is 19.4 Å². The molecule has 1 fully saturated rings. The molecule has 1 aromatic carbocycles. The number of carbonyl (C=O) groups is 3. The first-order valence-electron chi connectivity index (χ1n) is 7.97. The third-order valence-electron chi connectivity index (χ3n) is 3.58. The molecule has 140 valence electrons. The number of carboxylic acid groups (broad SMARTS) is 1. The number of furan rings is 1. The summed E-state index contributed by atoms with van der Waals surface area (Å²) in [6.45, 7) is 2.89. The summed E-state index contributed by atoms with van der Waals surface area (Å²) in [4.78, 5) is 35.0. The number of esters is 2. The minimum Gasteiger partial charge on any atom is -0.485 e. The quantitative estimate of drug-likeness (QED) is 0.484. The third-order valence-corrected chi connectivity index (χ3v) is 3.58. The summed E-state index contributed by atoms with van der Waals surface area (Å²) in [5, 5.41) is 8.87. The van der Waals surface area contributed by atoms with Crippen LogP contribution in [-0.2, 0) is 25.7 Å². The first-order chi connectivity index (χ1) is 12.7. The average Bonchev–Trinajstić information content (AvgIpc) is 3.05. The molecule has 27 heavy (non-hydrogen) atoms. The monoisotopic (exact) mass is 372 g/mol. The van der Waals surface area contributed by atoms with Crippen LogP contribution in [0.3, 0.4) is 0 Å². The molecule has 2 heterocycles. The summed E-state index contributed by atoms with van der Waals surface area (Å²) in [7, 11) is 0.